The number of hydrogen-bond donors (Lipinski definition) is 1. The second kappa shape index (κ2) is 9.41. The van der Waals surface area contributed by atoms with Crippen LogP contribution in [0.25, 0.3) is 5.69 Å². The fraction of sp³-hybridized carbons (Fsp3) is 0.304. The van der Waals surface area contributed by atoms with Crippen LogP contribution in [0.5, 0.6) is 0 Å². The predicted molar refractivity (Wildman–Crippen MR) is 117 cm³/mol. The van der Waals surface area contributed by atoms with E-state index in [1.54, 1.807) is 19.1 Å². The van der Waals surface area contributed by atoms with Crippen LogP contribution in [-0.4, -0.2) is 33.7 Å². The predicted octanol–water partition coefficient (Wildman–Crippen LogP) is 4.74. The van der Waals surface area contributed by atoms with Crippen molar-refractivity contribution < 1.29 is 9.18 Å². The number of aryl methyl sites for hydroxylation is 1. The van der Waals surface area contributed by atoms with Crippen molar-refractivity contribution in [2.45, 2.75) is 39.9 Å². The maximum atomic E-state index is 13.2. The molecule has 1 amide bonds. The molecular weight excluding hydrogens is 403 g/mol. The largest absolute Gasteiger partial charge is 0.348 e. The van der Waals surface area contributed by atoms with Gasteiger partial charge < -0.3 is 5.32 Å². The number of benzene rings is 2. The van der Waals surface area contributed by atoms with Gasteiger partial charge in [-0.3, -0.25) is 9.69 Å². The highest BCUT2D eigenvalue weighted by Crippen LogP contribution is 2.24. The highest BCUT2D eigenvalue weighted by atomic mass is 35.5. The van der Waals surface area contributed by atoms with Gasteiger partial charge in [-0.1, -0.05) is 35.9 Å². The molecule has 1 aromatic heterocycles. The van der Waals surface area contributed by atoms with Gasteiger partial charge in [-0.25, -0.2) is 9.07 Å². The summed E-state index contributed by atoms with van der Waals surface area (Å²) in [7, 11) is 2.08. The lowest BCUT2D eigenvalue weighted by atomic mass is 10.1. The summed E-state index contributed by atoms with van der Waals surface area (Å²) in [5, 5.41) is 7.51. The Kier molecular flexibility index (Phi) is 6.90. The Hall–Kier alpha value is -2.70. The molecule has 3 rings (SSSR count). The number of carbonyl (C=O) groups is 1. The second-order valence-corrected chi connectivity index (χ2v) is 7.96. The van der Waals surface area contributed by atoms with Crippen LogP contribution in [0.1, 0.15) is 41.0 Å². The fourth-order valence-electron chi connectivity index (χ4n) is 3.11. The lowest BCUT2D eigenvalue weighted by Gasteiger charge is -2.22. The zero-order valence-corrected chi connectivity index (χ0v) is 18.4. The van der Waals surface area contributed by atoms with Crippen LogP contribution in [0, 0.1) is 12.7 Å². The van der Waals surface area contributed by atoms with E-state index in [4.69, 9.17) is 11.6 Å². The van der Waals surface area contributed by atoms with E-state index in [1.807, 2.05) is 18.2 Å². The van der Waals surface area contributed by atoms with E-state index < -0.39 is 0 Å². The highest BCUT2D eigenvalue weighted by molar-refractivity contribution is 6.33. The third-order valence-electron chi connectivity index (χ3n) is 5.16. The molecule has 0 aliphatic carbocycles. The normalized spacial score (nSPS) is 11.3. The van der Waals surface area contributed by atoms with E-state index in [0.717, 1.165) is 12.1 Å². The number of rotatable bonds is 7. The Morgan fingerprint density at radius 3 is 2.43 bits per heavy atom. The van der Waals surface area contributed by atoms with Crippen LogP contribution < -0.4 is 5.32 Å². The molecule has 0 atom stereocenters. The number of nitrogens with one attached hydrogen (secondary N) is 1. The highest BCUT2D eigenvalue weighted by Gasteiger charge is 2.21. The number of carbonyl (C=O) groups excluding carboxylic acids is 1. The molecule has 0 spiro atoms. The van der Waals surface area contributed by atoms with Crippen LogP contribution in [0.4, 0.5) is 4.39 Å². The number of hydrogen-bond acceptors (Lipinski definition) is 3. The van der Waals surface area contributed by atoms with Gasteiger partial charge in [-0.15, -0.1) is 0 Å². The number of nitrogens with zero attached hydrogens (tertiary/aromatic N) is 3. The van der Waals surface area contributed by atoms with Gasteiger partial charge >= 0.3 is 0 Å². The average molecular weight is 429 g/mol. The van der Waals surface area contributed by atoms with Crippen molar-refractivity contribution in [2.24, 2.45) is 0 Å². The zero-order valence-electron chi connectivity index (χ0n) is 17.6. The second-order valence-electron chi connectivity index (χ2n) is 7.60. The summed E-state index contributed by atoms with van der Waals surface area (Å²) in [6.45, 7) is 7.21. The van der Waals surface area contributed by atoms with Crippen LogP contribution in [-0.2, 0) is 13.1 Å². The third-order valence-corrected chi connectivity index (χ3v) is 5.51. The Bertz CT molecular complexity index is 1030. The minimum atomic E-state index is -0.349. The van der Waals surface area contributed by atoms with E-state index in [9.17, 15) is 9.18 Å². The van der Waals surface area contributed by atoms with Crippen molar-refractivity contribution in [3.8, 4) is 5.69 Å². The van der Waals surface area contributed by atoms with Crippen molar-refractivity contribution in [1.82, 2.24) is 20.0 Å². The molecule has 30 heavy (non-hydrogen) atoms. The molecule has 1 N–H and O–H groups in total. The minimum Gasteiger partial charge on any atom is -0.348 e. The lowest BCUT2D eigenvalue weighted by molar-refractivity contribution is 0.0950. The van der Waals surface area contributed by atoms with Crippen molar-refractivity contribution in [3.05, 3.63) is 81.9 Å². The van der Waals surface area contributed by atoms with Crippen molar-refractivity contribution in [3.63, 3.8) is 0 Å². The Morgan fingerprint density at radius 2 is 1.80 bits per heavy atom. The number of halogens is 2. The summed E-state index contributed by atoms with van der Waals surface area (Å²) >= 11 is 6.45. The van der Waals surface area contributed by atoms with E-state index in [1.165, 1.54) is 22.4 Å². The monoisotopic (exact) mass is 428 g/mol. The molecule has 0 unspecified atom stereocenters. The number of aromatic nitrogens is 2. The standard InChI is InChI=1S/C23H26ClFN4O/c1-15(2)28(4)14-18-8-6-5-7-17(18)13-26-23(30)21-16(3)27-29(22(21)24)20-11-9-19(25)10-12-20/h5-12,15H,13-14H2,1-4H3,(H,26,30). The van der Waals surface area contributed by atoms with Crippen molar-refractivity contribution >= 4 is 17.5 Å². The first-order valence-electron chi connectivity index (χ1n) is 9.84. The quantitative estimate of drug-likeness (QED) is 0.591. The molecule has 0 radical (unpaired) electrons. The van der Waals surface area contributed by atoms with E-state index >= 15 is 0 Å². The molecule has 0 saturated heterocycles. The summed E-state index contributed by atoms with van der Waals surface area (Å²) in [5.41, 5.74) is 3.63. The summed E-state index contributed by atoms with van der Waals surface area (Å²) in [6.07, 6.45) is 0. The minimum absolute atomic E-state index is 0.199. The molecule has 2 aromatic carbocycles. The van der Waals surface area contributed by atoms with Gasteiger partial charge in [0.05, 0.1) is 16.9 Å². The maximum absolute atomic E-state index is 13.2. The van der Waals surface area contributed by atoms with Crippen LogP contribution in [0.2, 0.25) is 5.15 Å². The molecule has 5 nitrogen and oxygen atoms in total. The molecule has 0 fully saturated rings. The molecule has 0 aliphatic rings. The van der Waals surface area contributed by atoms with Crippen LogP contribution in [0.3, 0.4) is 0 Å². The Labute approximate surface area is 181 Å². The van der Waals surface area contributed by atoms with Gasteiger partial charge in [0.15, 0.2) is 0 Å². The fourth-order valence-corrected chi connectivity index (χ4v) is 3.47. The first kappa shape index (κ1) is 22.0. The van der Waals surface area contributed by atoms with Gasteiger partial charge in [0.2, 0.25) is 0 Å². The molecule has 3 aromatic rings. The first-order valence-corrected chi connectivity index (χ1v) is 10.2. The topological polar surface area (TPSA) is 50.2 Å². The van der Waals surface area contributed by atoms with Crippen LogP contribution in [0.15, 0.2) is 48.5 Å². The molecule has 158 valence electrons. The van der Waals surface area contributed by atoms with Gasteiger partial charge in [-0.05, 0) is 63.2 Å². The summed E-state index contributed by atoms with van der Waals surface area (Å²) in [5.74, 6) is -0.642. The third kappa shape index (κ3) is 4.89. The summed E-state index contributed by atoms with van der Waals surface area (Å²) in [4.78, 5) is 15.1. The molecular formula is C23H26ClFN4O. The van der Waals surface area contributed by atoms with Gasteiger partial charge in [0.25, 0.3) is 5.91 Å². The number of amides is 1. The SMILES string of the molecule is Cc1nn(-c2ccc(F)cc2)c(Cl)c1C(=O)NCc1ccccc1CN(C)C(C)C. The molecule has 0 saturated carbocycles. The van der Waals surface area contributed by atoms with E-state index in [0.29, 0.717) is 29.5 Å². The van der Waals surface area contributed by atoms with Gasteiger partial charge in [0, 0.05) is 19.1 Å². The van der Waals surface area contributed by atoms with E-state index in [-0.39, 0.29) is 16.9 Å². The Morgan fingerprint density at radius 1 is 1.17 bits per heavy atom. The van der Waals surface area contributed by atoms with Gasteiger partial charge in [0.1, 0.15) is 11.0 Å². The van der Waals surface area contributed by atoms with Crippen molar-refractivity contribution in [2.75, 3.05) is 7.05 Å². The van der Waals surface area contributed by atoms with Crippen molar-refractivity contribution in [1.29, 1.82) is 0 Å². The Balaban J connectivity index is 1.77. The van der Waals surface area contributed by atoms with Crippen LogP contribution >= 0.6 is 11.6 Å². The molecule has 0 bridgehead atoms. The van der Waals surface area contributed by atoms with Gasteiger partial charge in [-0.2, -0.15) is 5.10 Å². The van der Waals surface area contributed by atoms with E-state index in [2.05, 4.69) is 42.3 Å². The summed E-state index contributed by atoms with van der Waals surface area (Å²) in [6, 6.07) is 14.3. The smallest absolute Gasteiger partial charge is 0.256 e. The first-order chi connectivity index (χ1) is 14.3. The molecule has 1 heterocycles. The lowest BCUT2D eigenvalue weighted by Crippen LogP contribution is -2.28. The summed E-state index contributed by atoms with van der Waals surface area (Å²) < 4.78 is 14.6. The molecule has 0 aliphatic heterocycles. The molecule has 7 heteroatoms. The maximum Gasteiger partial charge on any atom is 0.256 e. The zero-order chi connectivity index (χ0) is 21.8. The average Bonchev–Trinajstić information content (AvgIpc) is 3.01.